The van der Waals surface area contributed by atoms with Gasteiger partial charge in [-0.25, -0.2) is 4.98 Å². The van der Waals surface area contributed by atoms with Crippen LogP contribution in [0.15, 0.2) is 42.6 Å². The molecule has 1 aromatic carbocycles. The summed E-state index contributed by atoms with van der Waals surface area (Å²) >= 11 is 5.81. The predicted molar refractivity (Wildman–Crippen MR) is 92.9 cm³/mol. The summed E-state index contributed by atoms with van der Waals surface area (Å²) in [6, 6.07) is 10.4. The molecule has 24 heavy (non-hydrogen) atoms. The Morgan fingerprint density at radius 1 is 1.33 bits per heavy atom. The van der Waals surface area contributed by atoms with Gasteiger partial charge in [-0.15, -0.1) is 0 Å². The zero-order valence-corrected chi connectivity index (χ0v) is 14.3. The molecule has 0 saturated heterocycles. The first-order valence-corrected chi connectivity index (χ1v) is 8.25. The lowest BCUT2D eigenvalue weighted by atomic mass is 10.1. The molecule has 0 aliphatic rings. The van der Waals surface area contributed by atoms with Crippen LogP contribution in [0.25, 0.3) is 0 Å². The minimum atomic E-state index is -0.869. The molecule has 128 valence electrons. The summed E-state index contributed by atoms with van der Waals surface area (Å²) < 4.78 is 5.56. The number of halogens is 1. The number of hydrogen-bond donors (Lipinski definition) is 2. The van der Waals surface area contributed by atoms with Crippen LogP contribution in [0.2, 0.25) is 5.02 Å². The number of benzene rings is 1. The Kier molecular flexibility index (Phi) is 7.03. The van der Waals surface area contributed by atoms with E-state index in [1.807, 2.05) is 13.0 Å². The highest BCUT2D eigenvalue weighted by molar-refractivity contribution is 6.30. The number of hydrogen-bond acceptors (Lipinski definition) is 4. The number of pyridine rings is 1. The Morgan fingerprint density at radius 2 is 2.08 bits per heavy atom. The molecule has 1 atom stereocenters. The predicted octanol–water partition coefficient (Wildman–Crippen LogP) is 3.26. The topological polar surface area (TPSA) is 71.5 Å². The largest absolute Gasteiger partial charge is 0.477 e. The summed E-state index contributed by atoms with van der Waals surface area (Å²) in [7, 11) is 0. The lowest BCUT2D eigenvalue weighted by Crippen LogP contribution is -2.25. The summed E-state index contributed by atoms with van der Waals surface area (Å²) in [5, 5.41) is 13.5. The number of carbonyl (C=O) groups is 1. The summed E-state index contributed by atoms with van der Waals surface area (Å²) in [6.45, 7) is 2.90. The van der Waals surface area contributed by atoms with E-state index in [-0.39, 0.29) is 12.3 Å². The number of amides is 1. The van der Waals surface area contributed by atoms with Gasteiger partial charge in [0.1, 0.15) is 0 Å². The van der Waals surface area contributed by atoms with E-state index in [0.717, 1.165) is 12.0 Å². The Labute approximate surface area is 146 Å². The van der Waals surface area contributed by atoms with E-state index in [9.17, 15) is 9.90 Å². The average molecular weight is 349 g/mol. The fraction of sp³-hybridized carbons (Fsp3) is 0.333. The molecule has 1 heterocycles. The maximum atomic E-state index is 12.0. The van der Waals surface area contributed by atoms with Crippen molar-refractivity contribution in [3.8, 4) is 5.88 Å². The highest BCUT2D eigenvalue weighted by Crippen LogP contribution is 2.19. The molecule has 2 N–H and O–H groups in total. The van der Waals surface area contributed by atoms with Crippen LogP contribution in [0.5, 0.6) is 5.88 Å². The van der Waals surface area contributed by atoms with Crippen LogP contribution in [0.1, 0.15) is 37.0 Å². The molecule has 2 rings (SSSR count). The van der Waals surface area contributed by atoms with Gasteiger partial charge in [0.2, 0.25) is 11.8 Å². The lowest BCUT2D eigenvalue weighted by molar-refractivity contribution is -0.123. The first-order valence-electron chi connectivity index (χ1n) is 7.87. The Balaban J connectivity index is 1.88. The van der Waals surface area contributed by atoms with Crippen molar-refractivity contribution in [2.45, 2.75) is 32.4 Å². The smallest absolute Gasteiger partial charge is 0.223 e. The third-order valence-electron chi connectivity index (χ3n) is 3.40. The molecule has 0 aliphatic carbocycles. The van der Waals surface area contributed by atoms with Crippen LogP contribution in [0, 0.1) is 0 Å². The van der Waals surface area contributed by atoms with Gasteiger partial charge in [0.25, 0.3) is 0 Å². The molecule has 1 amide bonds. The van der Waals surface area contributed by atoms with Gasteiger partial charge in [0.15, 0.2) is 0 Å². The van der Waals surface area contributed by atoms with Crippen LogP contribution in [0.4, 0.5) is 0 Å². The Morgan fingerprint density at radius 3 is 2.79 bits per heavy atom. The number of aromatic nitrogens is 1. The second-order valence-corrected chi connectivity index (χ2v) is 5.80. The van der Waals surface area contributed by atoms with Crippen LogP contribution < -0.4 is 10.1 Å². The zero-order chi connectivity index (χ0) is 17.4. The first-order chi connectivity index (χ1) is 11.6. The van der Waals surface area contributed by atoms with Gasteiger partial charge in [0, 0.05) is 23.3 Å². The quantitative estimate of drug-likeness (QED) is 0.768. The minimum absolute atomic E-state index is 0.0208. The molecule has 5 nitrogen and oxygen atoms in total. The Bertz CT molecular complexity index is 662. The standard InChI is InChI=1S/C18H21ClN2O3/c1-2-10-24-18-14(4-3-9-20-18)12-21-17(23)11-16(22)13-5-7-15(19)8-6-13/h3-9,16,22H,2,10-12H2,1H3,(H,21,23). The van der Waals surface area contributed by atoms with E-state index in [2.05, 4.69) is 10.3 Å². The number of aliphatic hydroxyl groups excluding tert-OH is 1. The molecule has 0 aliphatic heterocycles. The Hall–Kier alpha value is -2.11. The number of carbonyl (C=O) groups excluding carboxylic acids is 1. The maximum absolute atomic E-state index is 12.0. The van der Waals surface area contributed by atoms with Crippen molar-refractivity contribution in [3.05, 3.63) is 58.7 Å². The highest BCUT2D eigenvalue weighted by atomic mass is 35.5. The van der Waals surface area contributed by atoms with Crippen molar-refractivity contribution in [2.24, 2.45) is 0 Å². The molecule has 0 saturated carbocycles. The SMILES string of the molecule is CCCOc1ncccc1CNC(=O)CC(O)c1ccc(Cl)cc1. The summed E-state index contributed by atoms with van der Waals surface area (Å²) in [4.78, 5) is 16.2. The highest BCUT2D eigenvalue weighted by Gasteiger charge is 2.13. The van der Waals surface area contributed by atoms with Gasteiger partial charge in [-0.1, -0.05) is 36.7 Å². The molecular formula is C18H21ClN2O3. The van der Waals surface area contributed by atoms with Gasteiger partial charge in [-0.3, -0.25) is 4.79 Å². The zero-order valence-electron chi connectivity index (χ0n) is 13.5. The monoisotopic (exact) mass is 348 g/mol. The van der Waals surface area contributed by atoms with Gasteiger partial charge in [0.05, 0.1) is 19.1 Å². The number of nitrogens with one attached hydrogen (secondary N) is 1. The van der Waals surface area contributed by atoms with Crippen molar-refractivity contribution in [1.29, 1.82) is 0 Å². The van der Waals surface area contributed by atoms with E-state index < -0.39 is 6.10 Å². The molecular weight excluding hydrogens is 328 g/mol. The van der Waals surface area contributed by atoms with E-state index in [0.29, 0.717) is 29.6 Å². The normalized spacial score (nSPS) is 11.8. The van der Waals surface area contributed by atoms with Crippen molar-refractivity contribution in [1.82, 2.24) is 10.3 Å². The number of ether oxygens (including phenoxy) is 1. The average Bonchev–Trinajstić information content (AvgIpc) is 2.59. The fourth-order valence-electron chi connectivity index (χ4n) is 2.13. The minimum Gasteiger partial charge on any atom is -0.477 e. The second-order valence-electron chi connectivity index (χ2n) is 5.36. The second kappa shape index (κ2) is 9.25. The van der Waals surface area contributed by atoms with Crippen LogP contribution in [0.3, 0.4) is 0 Å². The molecule has 0 radical (unpaired) electrons. The number of rotatable bonds is 8. The lowest BCUT2D eigenvalue weighted by Gasteiger charge is -2.13. The third kappa shape index (κ3) is 5.51. The van der Waals surface area contributed by atoms with Crippen molar-refractivity contribution in [2.75, 3.05) is 6.61 Å². The molecule has 0 bridgehead atoms. The van der Waals surface area contributed by atoms with E-state index >= 15 is 0 Å². The van der Waals surface area contributed by atoms with E-state index in [1.165, 1.54) is 0 Å². The van der Waals surface area contributed by atoms with Crippen molar-refractivity contribution >= 4 is 17.5 Å². The first kappa shape index (κ1) is 18.2. The molecule has 6 heteroatoms. The third-order valence-corrected chi connectivity index (χ3v) is 3.65. The van der Waals surface area contributed by atoms with Crippen molar-refractivity contribution < 1.29 is 14.6 Å². The molecule has 0 spiro atoms. The maximum Gasteiger partial charge on any atom is 0.223 e. The summed E-state index contributed by atoms with van der Waals surface area (Å²) in [5.74, 6) is 0.278. The van der Waals surface area contributed by atoms with E-state index in [4.69, 9.17) is 16.3 Å². The molecule has 1 unspecified atom stereocenters. The summed E-state index contributed by atoms with van der Waals surface area (Å²) in [5.41, 5.74) is 1.46. The van der Waals surface area contributed by atoms with Gasteiger partial charge in [-0.05, 0) is 30.2 Å². The van der Waals surface area contributed by atoms with Crippen LogP contribution >= 0.6 is 11.6 Å². The molecule has 0 fully saturated rings. The fourth-order valence-corrected chi connectivity index (χ4v) is 2.26. The number of aliphatic hydroxyl groups is 1. The molecule has 2 aromatic rings. The van der Waals surface area contributed by atoms with Gasteiger partial charge >= 0.3 is 0 Å². The van der Waals surface area contributed by atoms with Gasteiger partial charge < -0.3 is 15.2 Å². The van der Waals surface area contributed by atoms with Gasteiger partial charge in [-0.2, -0.15) is 0 Å². The molecule has 1 aromatic heterocycles. The van der Waals surface area contributed by atoms with Crippen molar-refractivity contribution in [3.63, 3.8) is 0 Å². The van der Waals surface area contributed by atoms with Crippen LogP contribution in [-0.2, 0) is 11.3 Å². The van der Waals surface area contributed by atoms with E-state index in [1.54, 1.807) is 36.5 Å². The summed E-state index contributed by atoms with van der Waals surface area (Å²) in [6.07, 6.45) is 1.65. The van der Waals surface area contributed by atoms with Crippen LogP contribution in [-0.4, -0.2) is 22.6 Å². The number of nitrogens with zero attached hydrogens (tertiary/aromatic N) is 1.